The van der Waals surface area contributed by atoms with Crippen molar-refractivity contribution in [2.24, 2.45) is 0 Å². The molecule has 19 heteroatoms. The van der Waals surface area contributed by atoms with Crippen molar-refractivity contribution in [1.29, 1.82) is 0 Å². The Morgan fingerprint density at radius 2 is 0.517 bits per heavy atom. The number of hydrogen-bond donors (Lipinski definition) is 0. The summed E-state index contributed by atoms with van der Waals surface area (Å²) in [6, 6.07) is 32.9. The Labute approximate surface area is 519 Å². The number of esters is 6. The molecule has 0 bridgehead atoms. The van der Waals surface area contributed by atoms with E-state index in [-0.39, 0.29) is 36.2 Å². The highest BCUT2D eigenvalue weighted by Gasteiger charge is 2.18. The fraction of sp³-hybridized carbons (Fsp3) is 0.343. The summed E-state index contributed by atoms with van der Waals surface area (Å²) in [6.07, 6.45) is 9.20. The largest absolute Gasteiger partial charge is 0.494 e. The van der Waals surface area contributed by atoms with Crippen LogP contribution in [0.4, 0.5) is 0 Å². The van der Waals surface area contributed by atoms with Crippen LogP contribution in [0.3, 0.4) is 0 Å². The molecule has 0 radical (unpaired) electrons. The highest BCUT2D eigenvalue weighted by atomic mass is 16.6. The van der Waals surface area contributed by atoms with E-state index in [2.05, 4.69) is 13.2 Å². The van der Waals surface area contributed by atoms with E-state index in [1.807, 2.05) is 0 Å². The van der Waals surface area contributed by atoms with Gasteiger partial charge in [-0.1, -0.05) is 13.2 Å². The second-order valence-electron chi connectivity index (χ2n) is 20.2. The van der Waals surface area contributed by atoms with Crippen molar-refractivity contribution in [3.8, 4) is 46.0 Å². The maximum Gasteiger partial charge on any atom is 0.343 e. The lowest BCUT2D eigenvalue weighted by Gasteiger charge is -2.12. The van der Waals surface area contributed by atoms with Crippen LogP contribution in [0.1, 0.15) is 115 Å². The Morgan fingerprint density at radius 3 is 0.764 bits per heavy atom. The number of aryl methyl sites for hydroxylation is 4. The number of benzene rings is 6. The number of hydrogen-bond acceptors (Lipinski definition) is 19. The lowest BCUT2D eigenvalue weighted by molar-refractivity contribution is -0.138. The quantitative estimate of drug-likeness (QED) is 0.0151. The molecule has 0 aliphatic heterocycles. The summed E-state index contributed by atoms with van der Waals surface area (Å²) in [4.78, 5) is 74.4. The molecule has 89 heavy (non-hydrogen) atoms. The van der Waals surface area contributed by atoms with E-state index in [0.29, 0.717) is 134 Å². The summed E-state index contributed by atoms with van der Waals surface area (Å²) in [5.74, 6) is 0.549. The molecular weight excluding hydrogens is 1140 g/mol. The van der Waals surface area contributed by atoms with Crippen molar-refractivity contribution < 1.29 is 90.3 Å². The van der Waals surface area contributed by atoms with Crippen LogP contribution in [0.2, 0.25) is 0 Å². The van der Waals surface area contributed by atoms with Crippen LogP contribution in [0.25, 0.3) is 0 Å². The van der Waals surface area contributed by atoms with Crippen LogP contribution in [0, 0.1) is 27.7 Å². The summed E-state index contributed by atoms with van der Waals surface area (Å²) >= 11 is 0. The monoisotopic (exact) mass is 1220 g/mol. The van der Waals surface area contributed by atoms with Gasteiger partial charge >= 0.3 is 35.8 Å². The Balaban J connectivity index is 0.764. The van der Waals surface area contributed by atoms with Gasteiger partial charge in [-0.25, -0.2) is 28.8 Å². The van der Waals surface area contributed by atoms with Gasteiger partial charge in [-0.3, -0.25) is 0 Å². The molecule has 19 nitrogen and oxygen atoms in total. The average Bonchev–Trinajstić information content (AvgIpc) is 2.28. The van der Waals surface area contributed by atoms with Crippen LogP contribution in [0.5, 0.6) is 46.0 Å². The first-order valence-electron chi connectivity index (χ1n) is 29.5. The van der Waals surface area contributed by atoms with Crippen LogP contribution in [-0.2, 0) is 33.3 Å². The minimum absolute atomic E-state index is 0.277. The maximum atomic E-state index is 13.1. The van der Waals surface area contributed by atoms with Gasteiger partial charge in [-0.2, -0.15) is 0 Å². The summed E-state index contributed by atoms with van der Waals surface area (Å²) in [7, 11) is 0. The molecule has 0 N–H and O–H groups in total. The van der Waals surface area contributed by atoms with Gasteiger partial charge in [0.2, 0.25) is 0 Å². The summed E-state index contributed by atoms with van der Waals surface area (Å²) in [6.45, 7) is 18.4. The SMILES string of the molecule is C=CC(=O)OCCCCCCOc1ccc(C(=O)Oc2ccc(OC(=O)c3ccc(OCCOCCOCCOCCOc4ccc(C(=O)Oc5ccc(OC(=O)c6ccc(OCCCCCCOC(=O)C=C)cc6C)cc5)c(C)c4)cc3C)cc2)c(C)c1. The normalized spacial score (nSPS) is 10.7. The zero-order valence-electron chi connectivity index (χ0n) is 51.0. The molecule has 0 amide bonds. The zero-order valence-corrected chi connectivity index (χ0v) is 51.0. The van der Waals surface area contributed by atoms with Crippen molar-refractivity contribution >= 4 is 35.8 Å². The minimum Gasteiger partial charge on any atom is -0.494 e. The van der Waals surface area contributed by atoms with Crippen molar-refractivity contribution in [3.05, 3.63) is 191 Å². The average molecular weight is 1220 g/mol. The summed E-state index contributed by atoms with van der Waals surface area (Å²) < 4.78 is 72.6. The lowest BCUT2D eigenvalue weighted by atomic mass is 10.1. The van der Waals surface area contributed by atoms with Crippen molar-refractivity contribution in [1.82, 2.24) is 0 Å². The van der Waals surface area contributed by atoms with Crippen LogP contribution >= 0.6 is 0 Å². The molecule has 0 saturated heterocycles. The van der Waals surface area contributed by atoms with Crippen LogP contribution < -0.4 is 37.9 Å². The minimum atomic E-state index is -0.553. The Morgan fingerprint density at radius 1 is 0.292 bits per heavy atom. The third-order valence-electron chi connectivity index (χ3n) is 13.3. The first-order valence-corrected chi connectivity index (χ1v) is 29.5. The predicted molar refractivity (Wildman–Crippen MR) is 331 cm³/mol. The molecule has 0 fully saturated rings. The van der Waals surface area contributed by atoms with E-state index in [9.17, 15) is 28.8 Å². The Bertz CT molecular complexity index is 3060. The molecule has 6 aromatic rings. The van der Waals surface area contributed by atoms with Crippen molar-refractivity contribution in [2.45, 2.75) is 79.1 Å². The number of unbranched alkanes of at least 4 members (excludes halogenated alkanes) is 6. The van der Waals surface area contributed by atoms with Gasteiger partial charge in [0.25, 0.3) is 0 Å². The fourth-order valence-corrected chi connectivity index (χ4v) is 8.56. The first kappa shape index (κ1) is 68.8. The number of carbonyl (C=O) groups excluding carboxylic acids is 6. The summed E-state index contributed by atoms with van der Waals surface area (Å²) in [5.41, 5.74) is 4.23. The van der Waals surface area contributed by atoms with Crippen molar-refractivity contribution in [2.75, 3.05) is 79.3 Å². The molecule has 0 aliphatic carbocycles. The second kappa shape index (κ2) is 38.1. The topological polar surface area (TPSA) is 222 Å². The molecule has 0 aromatic heterocycles. The lowest BCUT2D eigenvalue weighted by Crippen LogP contribution is -2.14. The molecule has 0 heterocycles. The van der Waals surface area contributed by atoms with Gasteiger partial charge < -0.3 is 61.6 Å². The second-order valence-corrected chi connectivity index (χ2v) is 20.2. The molecule has 0 saturated carbocycles. The molecular formula is C70H78O19. The Kier molecular flexibility index (Phi) is 29.4. The fourth-order valence-electron chi connectivity index (χ4n) is 8.56. The third-order valence-corrected chi connectivity index (χ3v) is 13.3. The molecule has 472 valence electrons. The Hall–Kier alpha value is -9.30. The van der Waals surface area contributed by atoms with E-state index >= 15 is 0 Å². The van der Waals surface area contributed by atoms with E-state index in [1.165, 1.54) is 0 Å². The molecule has 6 rings (SSSR count). The van der Waals surface area contributed by atoms with Gasteiger partial charge in [0.15, 0.2) is 0 Å². The van der Waals surface area contributed by atoms with Gasteiger partial charge in [0.1, 0.15) is 59.2 Å². The first-order chi connectivity index (χ1) is 43.2. The number of carbonyl (C=O) groups is 6. The van der Waals surface area contributed by atoms with Crippen molar-refractivity contribution in [3.63, 3.8) is 0 Å². The van der Waals surface area contributed by atoms with Crippen LogP contribution in [-0.4, -0.2) is 115 Å². The number of ether oxygens (including phenoxy) is 13. The number of rotatable bonds is 40. The molecule has 0 atom stereocenters. The smallest absolute Gasteiger partial charge is 0.343 e. The summed E-state index contributed by atoms with van der Waals surface area (Å²) in [5, 5.41) is 0. The maximum absolute atomic E-state index is 13.1. The highest BCUT2D eigenvalue weighted by molar-refractivity contribution is 5.95. The third kappa shape index (κ3) is 24.8. The van der Waals surface area contributed by atoms with Gasteiger partial charge in [-0.05, 0) is 223 Å². The van der Waals surface area contributed by atoms with Crippen LogP contribution in [0.15, 0.2) is 147 Å². The van der Waals surface area contributed by atoms with Gasteiger partial charge in [0, 0.05) is 12.2 Å². The molecule has 6 aromatic carbocycles. The molecule has 0 aliphatic rings. The van der Waals surface area contributed by atoms with E-state index < -0.39 is 35.8 Å². The predicted octanol–water partition coefficient (Wildman–Crippen LogP) is 12.6. The molecule has 0 unspecified atom stereocenters. The molecule has 0 spiro atoms. The highest BCUT2D eigenvalue weighted by Crippen LogP contribution is 2.27. The van der Waals surface area contributed by atoms with E-state index in [4.69, 9.17) is 61.6 Å². The van der Waals surface area contributed by atoms with Gasteiger partial charge in [-0.15, -0.1) is 0 Å². The van der Waals surface area contributed by atoms with E-state index in [1.54, 1.807) is 149 Å². The van der Waals surface area contributed by atoms with Gasteiger partial charge in [0.05, 0.1) is 88.3 Å². The van der Waals surface area contributed by atoms with E-state index in [0.717, 1.165) is 63.5 Å². The standard InChI is InChI=1S/C70H78O19/c1-7-65(71)84-35-15-11-9-13-33-80-57-25-29-61(49(3)45-57)67(73)86-53-17-21-55(22-18-53)88-69(75)63-31-27-59(47-51(63)5)82-43-41-78-39-37-77-38-40-79-42-44-83-60-28-32-64(52(6)48-60)70(76)89-56-23-19-54(20-24-56)87-68(74)62-30-26-58(46-50(62)4)81-34-14-10-12-16-36-85-66(72)8-2/h7-8,17-32,45-48H,1-2,9-16,33-44H2,3-6H3. The zero-order chi connectivity index (χ0) is 63.6.